The molecule has 2 aromatic rings. The van der Waals surface area contributed by atoms with E-state index in [2.05, 4.69) is 0 Å². The molecule has 22 heavy (non-hydrogen) atoms. The fourth-order valence-electron chi connectivity index (χ4n) is 2.84. The number of rotatable bonds is 4. The van der Waals surface area contributed by atoms with Crippen LogP contribution in [0.2, 0.25) is 0 Å². The maximum atomic E-state index is 12.6. The maximum Gasteiger partial charge on any atom is 0.352 e. The summed E-state index contributed by atoms with van der Waals surface area (Å²) in [6.45, 7) is 5.43. The highest BCUT2D eigenvalue weighted by Gasteiger charge is 2.30. The monoisotopic (exact) mass is 301 g/mol. The molecule has 0 atom stereocenters. The van der Waals surface area contributed by atoms with Gasteiger partial charge in [-0.25, -0.2) is 4.79 Å². The third kappa shape index (κ3) is 2.36. The first-order valence-electron chi connectivity index (χ1n) is 7.49. The van der Waals surface area contributed by atoms with Gasteiger partial charge in [0.2, 0.25) is 0 Å². The van der Waals surface area contributed by atoms with Crippen LogP contribution in [0.5, 0.6) is 5.75 Å². The van der Waals surface area contributed by atoms with Gasteiger partial charge in [-0.1, -0.05) is 0 Å². The minimum atomic E-state index is -1.05. The lowest BCUT2D eigenvalue weighted by molar-refractivity contribution is 0.0683. The summed E-state index contributed by atoms with van der Waals surface area (Å²) in [6, 6.07) is 5.47. The minimum Gasteiger partial charge on any atom is -0.491 e. The molecule has 0 unspecified atom stereocenters. The topological polar surface area (TPSA) is 68.5 Å². The van der Waals surface area contributed by atoms with Crippen molar-refractivity contribution in [1.29, 1.82) is 0 Å². The molecule has 0 saturated heterocycles. The van der Waals surface area contributed by atoms with Crippen LogP contribution in [0.25, 0.3) is 10.9 Å². The number of carboxylic acids is 1. The standard InChI is InChI=1S/C17H19NO4/c1-9(2)22-12-6-7-14-13(8-12)16(19)10(3)15(17(20)21)18(14)11-4-5-11/h6-9,11H,4-5H2,1-3H3,(H,20,21). The maximum absolute atomic E-state index is 12.6. The fraction of sp³-hybridized carbons (Fsp3) is 0.412. The molecule has 1 aliphatic carbocycles. The van der Waals surface area contributed by atoms with Crippen LogP contribution in [-0.2, 0) is 0 Å². The molecular formula is C17H19NO4. The number of aromatic carboxylic acids is 1. The van der Waals surface area contributed by atoms with Crippen LogP contribution in [0, 0.1) is 6.92 Å². The largest absolute Gasteiger partial charge is 0.491 e. The van der Waals surface area contributed by atoms with E-state index in [1.807, 2.05) is 13.8 Å². The number of hydrogen-bond donors (Lipinski definition) is 1. The Kier molecular flexibility index (Phi) is 3.43. The summed E-state index contributed by atoms with van der Waals surface area (Å²) in [4.78, 5) is 24.2. The van der Waals surface area contributed by atoms with Crippen molar-refractivity contribution in [2.75, 3.05) is 0 Å². The van der Waals surface area contributed by atoms with Gasteiger partial charge < -0.3 is 14.4 Å². The molecular weight excluding hydrogens is 282 g/mol. The summed E-state index contributed by atoms with van der Waals surface area (Å²) < 4.78 is 7.45. The molecule has 5 nitrogen and oxygen atoms in total. The van der Waals surface area contributed by atoms with Gasteiger partial charge in [-0.3, -0.25) is 4.79 Å². The highest BCUT2D eigenvalue weighted by atomic mass is 16.5. The molecule has 1 fully saturated rings. The predicted molar refractivity (Wildman–Crippen MR) is 83.9 cm³/mol. The van der Waals surface area contributed by atoms with Crippen LogP contribution in [-0.4, -0.2) is 21.7 Å². The van der Waals surface area contributed by atoms with Crippen molar-refractivity contribution in [3.63, 3.8) is 0 Å². The zero-order chi connectivity index (χ0) is 16.0. The van der Waals surface area contributed by atoms with Crippen molar-refractivity contribution >= 4 is 16.9 Å². The molecule has 116 valence electrons. The summed E-state index contributed by atoms with van der Waals surface area (Å²) in [5, 5.41) is 10.0. The molecule has 1 saturated carbocycles. The Balaban J connectivity index is 2.32. The second kappa shape index (κ2) is 5.16. The average molecular weight is 301 g/mol. The van der Waals surface area contributed by atoms with Crippen LogP contribution in [0.15, 0.2) is 23.0 Å². The summed E-state index contributed by atoms with van der Waals surface area (Å²) in [7, 11) is 0. The van der Waals surface area contributed by atoms with E-state index in [1.54, 1.807) is 29.7 Å². The van der Waals surface area contributed by atoms with E-state index in [-0.39, 0.29) is 28.8 Å². The Morgan fingerprint density at radius 1 is 1.36 bits per heavy atom. The van der Waals surface area contributed by atoms with E-state index >= 15 is 0 Å². The van der Waals surface area contributed by atoms with Crippen LogP contribution >= 0.6 is 0 Å². The number of carbonyl (C=O) groups is 1. The summed E-state index contributed by atoms with van der Waals surface area (Å²) in [6.07, 6.45) is 1.91. The lowest BCUT2D eigenvalue weighted by atomic mass is 10.1. The SMILES string of the molecule is Cc1c(C(=O)O)n(C2CC2)c2ccc(OC(C)C)cc2c1=O. The van der Waals surface area contributed by atoms with Crippen molar-refractivity contribution in [2.24, 2.45) is 0 Å². The van der Waals surface area contributed by atoms with Gasteiger partial charge in [0.05, 0.1) is 11.6 Å². The van der Waals surface area contributed by atoms with E-state index in [9.17, 15) is 14.7 Å². The van der Waals surface area contributed by atoms with Crippen molar-refractivity contribution < 1.29 is 14.6 Å². The first-order valence-corrected chi connectivity index (χ1v) is 7.49. The van der Waals surface area contributed by atoms with E-state index in [0.29, 0.717) is 16.7 Å². The van der Waals surface area contributed by atoms with Gasteiger partial charge in [0.15, 0.2) is 5.43 Å². The predicted octanol–water partition coefficient (Wildman–Crippen LogP) is 3.13. The van der Waals surface area contributed by atoms with Crippen LogP contribution in [0.4, 0.5) is 0 Å². The highest BCUT2D eigenvalue weighted by molar-refractivity contribution is 5.93. The van der Waals surface area contributed by atoms with E-state index in [0.717, 1.165) is 12.8 Å². The third-order valence-corrected chi connectivity index (χ3v) is 3.90. The molecule has 1 aromatic carbocycles. The second-order valence-electron chi connectivity index (χ2n) is 6.05. The van der Waals surface area contributed by atoms with Crippen LogP contribution in [0.1, 0.15) is 48.8 Å². The molecule has 1 heterocycles. The molecule has 0 amide bonds. The van der Waals surface area contributed by atoms with Gasteiger partial charge in [0.1, 0.15) is 11.4 Å². The van der Waals surface area contributed by atoms with Crippen LogP contribution < -0.4 is 10.2 Å². The number of nitrogens with zero attached hydrogens (tertiary/aromatic N) is 1. The zero-order valence-corrected chi connectivity index (χ0v) is 12.9. The van der Waals surface area contributed by atoms with Crippen molar-refractivity contribution in [3.05, 3.63) is 39.7 Å². The molecule has 1 aromatic heterocycles. The van der Waals surface area contributed by atoms with Crippen molar-refractivity contribution in [2.45, 2.75) is 45.8 Å². The van der Waals surface area contributed by atoms with Crippen LogP contribution in [0.3, 0.4) is 0 Å². The number of aromatic nitrogens is 1. The van der Waals surface area contributed by atoms with Gasteiger partial charge in [-0.05, 0) is 51.8 Å². The molecule has 0 bridgehead atoms. The molecule has 0 spiro atoms. The highest BCUT2D eigenvalue weighted by Crippen LogP contribution is 2.39. The smallest absolute Gasteiger partial charge is 0.352 e. The van der Waals surface area contributed by atoms with E-state index in [1.165, 1.54) is 0 Å². The first kappa shape index (κ1) is 14.6. The lowest BCUT2D eigenvalue weighted by Crippen LogP contribution is -2.21. The minimum absolute atomic E-state index is 0.0162. The lowest BCUT2D eigenvalue weighted by Gasteiger charge is -2.17. The normalized spacial score (nSPS) is 14.5. The third-order valence-electron chi connectivity index (χ3n) is 3.90. The number of carboxylic acid groups (broad SMARTS) is 1. The average Bonchev–Trinajstić information content (AvgIpc) is 3.26. The summed E-state index contributed by atoms with van der Waals surface area (Å²) in [5.41, 5.74) is 0.830. The number of benzene rings is 1. The number of hydrogen-bond acceptors (Lipinski definition) is 3. The Morgan fingerprint density at radius 3 is 2.59 bits per heavy atom. The van der Waals surface area contributed by atoms with Gasteiger partial charge in [0, 0.05) is 17.0 Å². The van der Waals surface area contributed by atoms with Crippen molar-refractivity contribution in [3.8, 4) is 5.75 Å². The number of fused-ring (bicyclic) bond motifs is 1. The molecule has 0 aliphatic heterocycles. The van der Waals surface area contributed by atoms with Gasteiger partial charge >= 0.3 is 5.97 Å². The number of pyridine rings is 1. The Labute approximate surface area is 128 Å². The van der Waals surface area contributed by atoms with Gasteiger partial charge in [-0.15, -0.1) is 0 Å². The molecule has 3 rings (SSSR count). The van der Waals surface area contributed by atoms with Gasteiger partial charge in [0.25, 0.3) is 0 Å². The Bertz CT molecular complexity index is 815. The molecule has 5 heteroatoms. The van der Waals surface area contributed by atoms with Gasteiger partial charge in [-0.2, -0.15) is 0 Å². The van der Waals surface area contributed by atoms with Crippen molar-refractivity contribution in [1.82, 2.24) is 4.57 Å². The van der Waals surface area contributed by atoms with E-state index < -0.39 is 5.97 Å². The first-order chi connectivity index (χ1) is 10.4. The quantitative estimate of drug-likeness (QED) is 0.942. The molecule has 1 N–H and O–H groups in total. The molecule has 1 aliphatic rings. The fourth-order valence-corrected chi connectivity index (χ4v) is 2.84. The summed E-state index contributed by atoms with van der Waals surface area (Å²) in [5.74, 6) is -0.421. The second-order valence-corrected chi connectivity index (χ2v) is 6.05. The zero-order valence-electron chi connectivity index (χ0n) is 12.9. The summed E-state index contributed by atoms with van der Waals surface area (Å²) >= 11 is 0. The molecule has 0 radical (unpaired) electrons. The number of ether oxygens (including phenoxy) is 1. The Hall–Kier alpha value is -2.30. The Morgan fingerprint density at radius 2 is 2.05 bits per heavy atom. The van der Waals surface area contributed by atoms with E-state index in [4.69, 9.17) is 4.74 Å².